The summed E-state index contributed by atoms with van der Waals surface area (Å²) in [4.78, 5) is 1.77. The minimum absolute atomic E-state index is 0.112. The van der Waals surface area contributed by atoms with E-state index in [1.165, 1.54) is 0 Å². The van der Waals surface area contributed by atoms with Crippen LogP contribution in [0, 0.1) is 10.8 Å². The molecule has 1 saturated heterocycles. The van der Waals surface area contributed by atoms with Crippen molar-refractivity contribution in [3.8, 4) is 0 Å². The van der Waals surface area contributed by atoms with Gasteiger partial charge in [-0.25, -0.2) is 17.6 Å². The lowest BCUT2D eigenvalue weighted by molar-refractivity contribution is -0.217. The van der Waals surface area contributed by atoms with Crippen molar-refractivity contribution in [2.45, 2.75) is 31.1 Å². The van der Waals surface area contributed by atoms with Gasteiger partial charge < -0.3 is 10.0 Å². The molecule has 98 valence electrons. The summed E-state index contributed by atoms with van der Waals surface area (Å²) < 4.78 is 51.6. The van der Waals surface area contributed by atoms with E-state index in [1.54, 1.807) is 4.90 Å². The first-order chi connectivity index (χ1) is 7.72. The molecule has 0 bridgehead atoms. The standard InChI is InChI=1S/C11H15F4NO/c12-10(13)1-8(2-10)4-16(5-8)6-9(7-17)3-11(9,14)15/h17H,1-7H2/t9-/m1/s1. The lowest BCUT2D eigenvalue weighted by Crippen LogP contribution is -2.66. The van der Waals surface area contributed by atoms with Gasteiger partial charge >= 0.3 is 0 Å². The largest absolute Gasteiger partial charge is 0.396 e. The maximum Gasteiger partial charge on any atom is 0.258 e. The van der Waals surface area contributed by atoms with Crippen molar-refractivity contribution in [1.29, 1.82) is 0 Å². The molecule has 1 spiro atoms. The summed E-state index contributed by atoms with van der Waals surface area (Å²) in [5.41, 5.74) is -1.63. The molecule has 0 unspecified atom stereocenters. The van der Waals surface area contributed by atoms with E-state index in [0.29, 0.717) is 13.1 Å². The summed E-state index contributed by atoms with van der Waals surface area (Å²) >= 11 is 0. The second-order valence-electron chi connectivity index (χ2n) is 6.17. The molecule has 17 heavy (non-hydrogen) atoms. The number of likely N-dealkylation sites (tertiary alicyclic amines) is 1. The van der Waals surface area contributed by atoms with Gasteiger partial charge in [0.1, 0.15) is 0 Å². The van der Waals surface area contributed by atoms with Crippen molar-refractivity contribution in [1.82, 2.24) is 4.90 Å². The molecule has 2 saturated carbocycles. The minimum Gasteiger partial charge on any atom is -0.396 e. The first kappa shape index (κ1) is 11.7. The smallest absolute Gasteiger partial charge is 0.258 e. The van der Waals surface area contributed by atoms with Crippen LogP contribution in [0.15, 0.2) is 0 Å². The third-order valence-electron chi connectivity index (χ3n) is 4.43. The monoisotopic (exact) mass is 253 g/mol. The fourth-order valence-corrected chi connectivity index (χ4v) is 3.49. The molecular weight excluding hydrogens is 238 g/mol. The summed E-state index contributed by atoms with van der Waals surface area (Å²) in [6, 6.07) is 0. The van der Waals surface area contributed by atoms with Gasteiger partial charge in [-0.1, -0.05) is 0 Å². The molecular formula is C11H15F4NO. The maximum absolute atomic E-state index is 13.1. The van der Waals surface area contributed by atoms with Gasteiger partial charge in [0.25, 0.3) is 5.92 Å². The Morgan fingerprint density at radius 2 is 1.53 bits per heavy atom. The molecule has 2 aliphatic carbocycles. The number of aliphatic hydroxyl groups is 1. The lowest BCUT2D eigenvalue weighted by atomic mass is 9.61. The molecule has 0 aromatic heterocycles. The SMILES string of the molecule is OC[C@]1(CN2CC3(C2)CC(F)(F)C3)CC1(F)F. The van der Waals surface area contributed by atoms with Gasteiger partial charge in [0, 0.05) is 44.3 Å². The topological polar surface area (TPSA) is 23.5 Å². The number of halogens is 4. The average Bonchev–Trinajstić information content (AvgIpc) is 2.62. The zero-order valence-electron chi connectivity index (χ0n) is 9.36. The van der Waals surface area contributed by atoms with Crippen LogP contribution < -0.4 is 0 Å². The van der Waals surface area contributed by atoms with E-state index in [4.69, 9.17) is 5.11 Å². The molecule has 1 atom stereocenters. The first-order valence-corrected chi connectivity index (χ1v) is 5.81. The number of alkyl halides is 4. The summed E-state index contributed by atoms with van der Waals surface area (Å²) in [6.07, 6.45) is -0.506. The molecule has 3 rings (SSSR count). The van der Waals surface area contributed by atoms with Gasteiger partial charge in [0.15, 0.2) is 0 Å². The highest BCUT2D eigenvalue weighted by Gasteiger charge is 2.72. The van der Waals surface area contributed by atoms with Crippen molar-refractivity contribution in [2.24, 2.45) is 10.8 Å². The van der Waals surface area contributed by atoms with Crippen LogP contribution in [0.25, 0.3) is 0 Å². The van der Waals surface area contributed by atoms with Crippen LogP contribution in [0.3, 0.4) is 0 Å². The minimum atomic E-state index is -2.78. The Hall–Kier alpha value is -0.360. The summed E-state index contributed by atoms with van der Waals surface area (Å²) in [6.45, 7) is 0.546. The molecule has 1 N–H and O–H groups in total. The summed E-state index contributed by atoms with van der Waals surface area (Å²) in [7, 11) is 0. The van der Waals surface area contributed by atoms with Crippen molar-refractivity contribution in [2.75, 3.05) is 26.2 Å². The number of aliphatic hydroxyl groups excluding tert-OH is 1. The fraction of sp³-hybridized carbons (Fsp3) is 1.00. The van der Waals surface area contributed by atoms with Crippen LogP contribution in [0.1, 0.15) is 19.3 Å². The molecule has 0 aromatic rings. The van der Waals surface area contributed by atoms with Crippen molar-refractivity contribution >= 4 is 0 Å². The van der Waals surface area contributed by atoms with Gasteiger partial charge in [0.05, 0.1) is 12.0 Å². The van der Waals surface area contributed by atoms with E-state index in [0.717, 1.165) is 0 Å². The molecule has 3 fully saturated rings. The highest BCUT2D eigenvalue weighted by molar-refractivity contribution is 5.15. The predicted molar refractivity (Wildman–Crippen MR) is 52.1 cm³/mol. The number of hydrogen-bond donors (Lipinski definition) is 1. The summed E-state index contributed by atoms with van der Waals surface area (Å²) in [5.74, 6) is -5.33. The summed E-state index contributed by atoms with van der Waals surface area (Å²) in [5, 5.41) is 9.02. The Bertz CT molecular complexity index is 343. The number of nitrogens with zero attached hydrogens (tertiary/aromatic N) is 1. The van der Waals surface area contributed by atoms with Crippen molar-refractivity contribution in [3.63, 3.8) is 0 Å². The van der Waals surface area contributed by atoms with E-state index in [9.17, 15) is 17.6 Å². The van der Waals surface area contributed by atoms with Gasteiger partial charge in [-0.3, -0.25) is 0 Å². The van der Waals surface area contributed by atoms with E-state index in [1.807, 2.05) is 0 Å². The average molecular weight is 253 g/mol. The Kier molecular flexibility index (Phi) is 2.04. The van der Waals surface area contributed by atoms with E-state index >= 15 is 0 Å². The van der Waals surface area contributed by atoms with Crippen LogP contribution in [-0.2, 0) is 0 Å². The fourth-order valence-electron chi connectivity index (χ4n) is 3.49. The Morgan fingerprint density at radius 3 is 1.88 bits per heavy atom. The van der Waals surface area contributed by atoms with Crippen LogP contribution >= 0.6 is 0 Å². The third kappa shape index (κ3) is 1.60. The van der Waals surface area contributed by atoms with Gasteiger partial charge in [-0.2, -0.15) is 0 Å². The van der Waals surface area contributed by atoms with Crippen molar-refractivity contribution in [3.05, 3.63) is 0 Å². The molecule has 0 aromatic carbocycles. The maximum atomic E-state index is 13.1. The number of rotatable bonds is 3. The molecule has 0 radical (unpaired) electrons. The van der Waals surface area contributed by atoms with Crippen LogP contribution in [0.5, 0.6) is 0 Å². The first-order valence-electron chi connectivity index (χ1n) is 5.81. The van der Waals surface area contributed by atoms with Gasteiger partial charge in [0.2, 0.25) is 5.92 Å². The normalized spacial score (nSPS) is 40.8. The van der Waals surface area contributed by atoms with Crippen molar-refractivity contribution < 1.29 is 22.7 Å². The van der Waals surface area contributed by atoms with Crippen LogP contribution in [0.4, 0.5) is 17.6 Å². The second-order valence-corrected chi connectivity index (χ2v) is 6.17. The van der Waals surface area contributed by atoms with E-state index in [2.05, 4.69) is 0 Å². The molecule has 6 heteroatoms. The predicted octanol–water partition coefficient (Wildman–Crippen LogP) is 1.74. The van der Waals surface area contributed by atoms with Gasteiger partial charge in [-0.15, -0.1) is 0 Å². The third-order valence-corrected chi connectivity index (χ3v) is 4.43. The Labute approximate surface area is 96.6 Å². The Balaban J connectivity index is 1.52. The molecule has 3 aliphatic rings. The Morgan fingerprint density at radius 1 is 1.00 bits per heavy atom. The highest BCUT2D eigenvalue weighted by Crippen LogP contribution is 2.63. The van der Waals surface area contributed by atoms with E-state index in [-0.39, 0.29) is 31.2 Å². The van der Waals surface area contributed by atoms with Crippen LogP contribution in [0.2, 0.25) is 0 Å². The molecule has 2 nitrogen and oxygen atoms in total. The number of hydrogen-bond acceptors (Lipinski definition) is 2. The van der Waals surface area contributed by atoms with Crippen LogP contribution in [-0.4, -0.2) is 48.1 Å². The quantitative estimate of drug-likeness (QED) is 0.774. The zero-order chi connectivity index (χ0) is 12.5. The highest BCUT2D eigenvalue weighted by atomic mass is 19.3. The molecule has 1 aliphatic heterocycles. The molecule has 0 amide bonds. The molecule has 1 heterocycles. The second kappa shape index (κ2) is 2.96. The lowest BCUT2D eigenvalue weighted by Gasteiger charge is -2.59. The van der Waals surface area contributed by atoms with Gasteiger partial charge in [-0.05, 0) is 0 Å². The zero-order valence-corrected chi connectivity index (χ0v) is 9.36. The van der Waals surface area contributed by atoms with E-state index < -0.39 is 23.9 Å².